The third-order valence-electron chi connectivity index (χ3n) is 0.129. The molecule has 0 radical (unpaired) electrons. The Hall–Kier alpha value is -0.0800. The topological polar surface area (TPSA) is 46.2 Å². The first-order chi connectivity index (χ1) is 4.65. The molecule has 0 fully saturated rings. The molecule has 0 aromatic heterocycles. The summed E-state index contributed by atoms with van der Waals surface area (Å²) < 4.78 is 0. The maximum absolute atomic E-state index is 7.75. The van der Waals surface area contributed by atoms with Crippen LogP contribution in [0.1, 0.15) is 34.6 Å². The van der Waals surface area contributed by atoms with Crippen LogP contribution in [0.5, 0.6) is 0 Å². The van der Waals surface area contributed by atoms with E-state index >= 15 is 0 Å². The van der Waals surface area contributed by atoms with Crippen LogP contribution in [0.2, 0.25) is 0 Å². The summed E-state index contributed by atoms with van der Waals surface area (Å²) in [4.78, 5) is 0. The summed E-state index contributed by atoms with van der Waals surface area (Å²) in [6, 6.07) is 0. The van der Waals surface area contributed by atoms with Crippen molar-refractivity contribution in [1.82, 2.24) is 0 Å². The highest BCUT2D eigenvalue weighted by atomic mass is 16.3. The van der Waals surface area contributed by atoms with Crippen molar-refractivity contribution < 1.29 is 5.11 Å². The predicted octanol–water partition coefficient (Wildman–Crippen LogP) is 1.63. The lowest BCUT2D eigenvalue weighted by Gasteiger charge is -1.79. The standard InChI is InChI=1S/C4H10.C2H7NO.C2H6/c1-4(2)3;3-1-2-4;1-2/h4H,1-3H3;4H,1-3H2;1-2H3. The molecule has 66 valence electrons. The molecule has 2 heteroatoms. The van der Waals surface area contributed by atoms with Crippen molar-refractivity contribution in [3.8, 4) is 0 Å². The first kappa shape index (κ1) is 16.5. The molecule has 0 rings (SSSR count). The average molecular weight is 149 g/mol. The van der Waals surface area contributed by atoms with E-state index in [0.717, 1.165) is 5.92 Å². The van der Waals surface area contributed by atoms with Gasteiger partial charge in [0.15, 0.2) is 0 Å². The monoisotopic (exact) mass is 149 g/mol. The van der Waals surface area contributed by atoms with Crippen molar-refractivity contribution in [3.05, 3.63) is 0 Å². The molecular formula is C8H23NO. The van der Waals surface area contributed by atoms with Gasteiger partial charge in [-0.05, 0) is 5.92 Å². The van der Waals surface area contributed by atoms with Crippen molar-refractivity contribution in [2.75, 3.05) is 13.2 Å². The zero-order valence-electron chi connectivity index (χ0n) is 8.02. The molecule has 0 aliphatic carbocycles. The van der Waals surface area contributed by atoms with E-state index in [1.165, 1.54) is 0 Å². The fraction of sp³-hybridized carbons (Fsp3) is 1.00. The third-order valence-corrected chi connectivity index (χ3v) is 0.129. The summed E-state index contributed by atoms with van der Waals surface area (Å²) >= 11 is 0. The average Bonchev–Trinajstić information content (AvgIpc) is 1.91. The molecule has 0 aliphatic rings. The van der Waals surface area contributed by atoms with E-state index in [2.05, 4.69) is 20.8 Å². The molecule has 0 amide bonds. The van der Waals surface area contributed by atoms with E-state index in [4.69, 9.17) is 10.8 Å². The Morgan fingerprint density at radius 1 is 1.20 bits per heavy atom. The molecule has 2 nitrogen and oxygen atoms in total. The van der Waals surface area contributed by atoms with Gasteiger partial charge < -0.3 is 10.8 Å². The van der Waals surface area contributed by atoms with Crippen LogP contribution >= 0.6 is 0 Å². The van der Waals surface area contributed by atoms with Crippen LogP contribution in [0.25, 0.3) is 0 Å². The van der Waals surface area contributed by atoms with Crippen molar-refractivity contribution in [1.29, 1.82) is 0 Å². The summed E-state index contributed by atoms with van der Waals surface area (Å²) in [5.41, 5.74) is 4.78. The van der Waals surface area contributed by atoms with E-state index in [1.54, 1.807) is 0 Å². The molecule has 0 atom stereocenters. The van der Waals surface area contributed by atoms with Gasteiger partial charge in [-0.1, -0.05) is 34.6 Å². The van der Waals surface area contributed by atoms with Crippen LogP contribution in [0.15, 0.2) is 0 Å². The first-order valence-corrected chi connectivity index (χ1v) is 3.96. The second-order valence-corrected chi connectivity index (χ2v) is 2.24. The van der Waals surface area contributed by atoms with Gasteiger partial charge in [0, 0.05) is 6.54 Å². The highest BCUT2D eigenvalue weighted by molar-refractivity contribution is 4.20. The number of aliphatic hydroxyl groups excluding tert-OH is 1. The molecular weight excluding hydrogens is 126 g/mol. The lowest BCUT2D eigenvalue weighted by Crippen LogP contribution is -2.02. The summed E-state index contributed by atoms with van der Waals surface area (Å²) in [6.45, 7) is 11.0. The number of nitrogens with two attached hydrogens (primary N) is 1. The van der Waals surface area contributed by atoms with Gasteiger partial charge in [0.1, 0.15) is 0 Å². The fourth-order valence-corrected chi connectivity index (χ4v) is 0. The summed E-state index contributed by atoms with van der Waals surface area (Å²) in [5.74, 6) is 0.833. The maximum atomic E-state index is 7.75. The Kier molecular flexibility index (Phi) is 38.1. The molecule has 0 saturated heterocycles. The van der Waals surface area contributed by atoms with Gasteiger partial charge in [0.2, 0.25) is 0 Å². The van der Waals surface area contributed by atoms with Gasteiger partial charge in [-0.25, -0.2) is 0 Å². The van der Waals surface area contributed by atoms with Crippen LogP contribution < -0.4 is 5.73 Å². The van der Waals surface area contributed by atoms with Crippen LogP contribution in [0, 0.1) is 5.92 Å². The van der Waals surface area contributed by atoms with E-state index in [-0.39, 0.29) is 6.61 Å². The van der Waals surface area contributed by atoms with Gasteiger partial charge in [0.25, 0.3) is 0 Å². The molecule has 0 aliphatic heterocycles. The maximum Gasteiger partial charge on any atom is 0.0553 e. The molecule has 10 heavy (non-hydrogen) atoms. The van der Waals surface area contributed by atoms with Gasteiger partial charge in [-0.3, -0.25) is 0 Å². The lowest BCUT2D eigenvalue weighted by molar-refractivity contribution is 0.306. The zero-order valence-corrected chi connectivity index (χ0v) is 8.02. The van der Waals surface area contributed by atoms with Gasteiger partial charge in [0.05, 0.1) is 6.61 Å². The van der Waals surface area contributed by atoms with Crippen molar-refractivity contribution in [3.63, 3.8) is 0 Å². The second-order valence-electron chi connectivity index (χ2n) is 2.24. The number of hydrogen-bond donors (Lipinski definition) is 2. The normalized spacial score (nSPS) is 7.20. The summed E-state index contributed by atoms with van der Waals surface area (Å²) in [7, 11) is 0. The SMILES string of the molecule is CC.CC(C)C.NCCO. The highest BCUT2D eigenvalue weighted by Crippen LogP contribution is 1.81. The van der Waals surface area contributed by atoms with Crippen LogP contribution in [-0.2, 0) is 0 Å². The highest BCUT2D eigenvalue weighted by Gasteiger charge is 1.68. The summed E-state index contributed by atoms with van der Waals surface area (Å²) in [6.07, 6.45) is 0. The zero-order chi connectivity index (χ0) is 8.99. The number of hydrogen-bond acceptors (Lipinski definition) is 2. The van der Waals surface area contributed by atoms with Crippen molar-refractivity contribution >= 4 is 0 Å². The molecule has 0 aromatic carbocycles. The molecule has 3 N–H and O–H groups in total. The minimum absolute atomic E-state index is 0.0972. The van der Waals surface area contributed by atoms with Crippen molar-refractivity contribution in [2.24, 2.45) is 11.7 Å². The third kappa shape index (κ3) is 448. The quantitative estimate of drug-likeness (QED) is 0.595. The molecule has 0 spiro atoms. The molecule has 0 unspecified atom stereocenters. The Balaban J connectivity index is -0.0000000787. The van der Waals surface area contributed by atoms with E-state index in [0.29, 0.717) is 6.54 Å². The molecule has 0 heterocycles. The predicted molar refractivity (Wildman–Crippen MR) is 48.0 cm³/mol. The van der Waals surface area contributed by atoms with E-state index in [9.17, 15) is 0 Å². The largest absolute Gasteiger partial charge is 0.395 e. The Morgan fingerprint density at radius 3 is 1.30 bits per heavy atom. The second kappa shape index (κ2) is 23.1. The summed E-state index contributed by atoms with van der Waals surface area (Å²) in [5, 5.41) is 7.75. The first-order valence-electron chi connectivity index (χ1n) is 3.96. The lowest BCUT2D eigenvalue weighted by atomic mass is 10.3. The van der Waals surface area contributed by atoms with Crippen LogP contribution in [0.3, 0.4) is 0 Å². The van der Waals surface area contributed by atoms with Gasteiger partial charge in [-0.15, -0.1) is 0 Å². The van der Waals surface area contributed by atoms with Crippen LogP contribution in [-0.4, -0.2) is 18.3 Å². The molecule has 0 bridgehead atoms. The van der Waals surface area contributed by atoms with Crippen LogP contribution in [0.4, 0.5) is 0 Å². The Bertz CT molecular complexity index is 25.7. The number of aliphatic hydroxyl groups is 1. The molecule has 0 aromatic rings. The molecule has 0 saturated carbocycles. The smallest absolute Gasteiger partial charge is 0.0553 e. The fourth-order valence-electron chi connectivity index (χ4n) is 0. The van der Waals surface area contributed by atoms with E-state index < -0.39 is 0 Å². The van der Waals surface area contributed by atoms with Gasteiger partial charge >= 0.3 is 0 Å². The van der Waals surface area contributed by atoms with E-state index in [1.807, 2.05) is 13.8 Å². The van der Waals surface area contributed by atoms with Gasteiger partial charge in [-0.2, -0.15) is 0 Å². The minimum atomic E-state index is 0.0972. The Labute approximate surface area is 65.4 Å². The van der Waals surface area contributed by atoms with Crippen molar-refractivity contribution in [2.45, 2.75) is 34.6 Å². The Morgan fingerprint density at radius 2 is 1.30 bits per heavy atom. The number of rotatable bonds is 1. The minimum Gasteiger partial charge on any atom is -0.395 e.